The second-order valence-corrected chi connectivity index (χ2v) is 6.40. The number of pyridine rings is 1. The largest absolute Gasteiger partial charge is 0.418 e. The Morgan fingerprint density at radius 3 is 2.03 bits per heavy atom. The van der Waals surface area contributed by atoms with Gasteiger partial charge in [0, 0.05) is 12.3 Å². The molecule has 0 aliphatic heterocycles. The molecule has 0 amide bonds. The van der Waals surface area contributed by atoms with Crippen LogP contribution in [-0.2, 0) is 12.4 Å². The number of rotatable bonds is 4. The number of nitro benzene ring substituents is 2. The summed E-state index contributed by atoms with van der Waals surface area (Å²) in [6.45, 7) is 0. The molecule has 0 saturated carbocycles. The van der Waals surface area contributed by atoms with E-state index in [2.05, 4.69) is 20.9 Å². The molecule has 0 bridgehead atoms. The van der Waals surface area contributed by atoms with Crippen LogP contribution in [0.4, 0.5) is 49.2 Å². The Morgan fingerprint density at radius 2 is 1.62 bits per heavy atom. The Kier molecular flexibility index (Phi) is 5.94. The second kappa shape index (κ2) is 7.62. The lowest BCUT2D eigenvalue weighted by atomic mass is 10.1. The van der Waals surface area contributed by atoms with Crippen LogP contribution in [0.3, 0.4) is 0 Å². The monoisotopic (exact) mass is 508 g/mol. The van der Waals surface area contributed by atoms with Gasteiger partial charge in [0.05, 0.1) is 25.4 Å². The molecule has 1 aromatic carbocycles. The van der Waals surface area contributed by atoms with Gasteiger partial charge in [-0.3, -0.25) is 20.2 Å². The topological polar surface area (TPSA) is 111 Å². The fourth-order valence-corrected chi connectivity index (χ4v) is 2.85. The highest BCUT2D eigenvalue weighted by atomic mass is 79.9. The maximum Gasteiger partial charge on any atom is 0.418 e. The van der Waals surface area contributed by atoms with E-state index in [1.807, 2.05) is 5.32 Å². The summed E-state index contributed by atoms with van der Waals surface area (Å²) in [5, 5.41) is 23.0. The van der Waals surface area contributed by atoms with Crippen molar-refractivity contribution in [1.82, 2.24) is 4.98 Å². The molecule has 0 saturated heterocycles. The van der Waals surface area contributed by atoms with E-state index in [9.17, 15) is 46.6 Å². The Balaban J connectivity index is 2.74. The molecular formula is C13H4BrClF6N4O4. The van der Waals surface area contributed by atoms with Crippen LogP contribution in [0.15, 0.2) is 22.8 Å². The van der Waals surface area contributed by atoms with Crippen LogP contribution in [0.1, 0.15) is 11.1 Å². The molecule has 8 nitrogen and oxygen atoms in total. The zero-order chi connectivity index (χ0) is 22.3. The minimum atomic E-state index is -5.25. The quantitative estimate of drug-likeness (QED) is 0.303. The van der Waals surface area contributed by atoms with Crippen LogP contribution in [0, 0.1) is 20.2 Å². The lowest BCUT2D eigenvalue weighted by Gasteiger charge is -2.14. The number of aromatic nitrogens is 1. The van der Waals surface area contributed by atoms with E-state index >= 15 is 0 Å². The van der Waals surface area contributed by atoms with Gasteiger partial charge in [-0.1, -0.05) is 11.6 Å². The Labute approximate surface area is 168 Å². The highest BCUT2D eigenvalue weighted by molar-refractivity contribution is 9.10. The van der Waals surface area contributed by atoms with Crippen molar-refractivity contribution in [2.45, 2.75) is 12.4 Å². The normalized spacial score (nSPS) is 12.0. The molecular weight excluding hydrogens is 506 g/mol. The van der Waals surface area contributed by atoms with Crippen LogP contribution in [0.25, 0.3) is 0 Å². The number of nitrogens with zero attached hydrogens (tertiary/aromatic N) is 3. The molecule has 29 heavy (non-hydrogen) atoms. The molecule has 0 aliphatic rings. The Hall–Kier alpha value is -2.68. The van der Waals surface area contributed by atoms with Crippen molar-refractivity contribution in [3.05, 3.63) is 59.2 Å². The van der Waals surface area contributed by atoms with Gasteiger partial charge in [0.2, 0.25) is 0 Å². The first-order valence-corrected chi connectivity index (χ1v) is 8.04. The molecule has 1 aromatic heterocycles. The molecule has 16 heteroatoms. The molecule has 156 valence electrons. The standard InChI is InChI=1S/C13H4BrClF6N4O4/c14-6-1-4(12(16,17)18)3-22-11(6)23-9-7(24(26)27)2-5(13(19,20)21)8(15)10(9)25(28)29/h1-3H,(H,22,23). The van der Waals surface area contributed by atoms with Crippen molar-refractivity contribution >= 4 is 50.4 Å². The first-order valence-electron chi connectivity index (χ1n) is 6.86. The molecule has 0 unspecified atom stereocenters. The van der Waals surface area contributed by atoms with Crippen LogP contribution in [-0.4, -0.2) is 14.8 Å². The van der Waals surface area contributed by atoms with Crippen molar-refractivity contribution < 1.29 is 36.2 Å². The van der Waals surface area contributed by atoms with E-state index in [-0.39, 0.29) is 6.07 Å². The molecule has 2 rings (SSSR count). The number of halogens is 8. The van der Waals surface area contributed by atoms with Gasteiger partial charge in [0.1, 0.15) is 10.8 Å². The van der Waals surface area contributed by atoms with Crippen LogP contribution < -0.4 is 5.32 Å². The summed E-state index contributed by atoms with van der Waals surface area (Å²) >= 11 is 8.16. The predicted octanol–water partition coefficient (Wildman–Crippen LogP) is 6.10. The summed E-state index contributed by atoms with van der Waals surface area (Å²) in [6, 6.07) is 0.481. The first-order chi connectivity index (χ1) is 13.1. The maximum absolute atomic E-state index is 13.0. The summed E-state index contributed by atoms with van der Waals surface area (Å²) in [5.41, 5.74) is -7.03. The van der Waals surface area contributed by atoms with Crippen LogP contribution in [0.2, 0.25) is 5.02 Å². The van der Waals surface area contributed by atoms with Gasteiger partial charge in [-0.15, -0.1) is 0 Å². The Morgan fingerprint density at radius 1 is 1.03 bits per heavy atom. The zero-order valence-electron chi connectivity index (χ0n) is 13.2. The average Bonchev–Trinajstić information content (AvgIpc) is 2.53. The van der Waals surface area contributed by atoms with Gasteiger partial charge in [0.25, 0.3) is 0 Å². The first kappa shape index (κ1) is 22.6. The summed E-state index contributed by atoms with van der Waals surface area (Å²) in [7, 11) is 0. The zero-order valence-corrected chi connectivity index (χ0v) is 15.6. The van der Waals surface area contributed by atoms with E-state index in [1.165, 1.54) is 0 Å². The third kappa shape index (κ3) is 4.67. The molecule has 0 fully saturated rings. The summed E-state index contributed by atoms with van der Waals surface area (Å²) < 4.78 is 76.8. The average molecular weight is 510 g/mol. The van der Waals surface area contributed by atoms with E-state index in [0.717, 1.165) is 0 Å². The number of alkyl halides is 6. The lowest BCUT2D eigenvalue weighted by Crippen LogP contribution is -2.12. The van der Waals surface area contributed by atoms with Crippen LogP contribution >= 0.6 is 27.5 Å². The van der Waals surface area contributed by atoms with Gasteiger partial charge in [-0.2, -0.15) is 26.3 Å². The van der Waals surface area contributed by atoms with Crippen LogP contribution in [0.5, 0.6) is 0 Å². The highest BCUT2D eigenvalue weighted by Gasteiger charge is 2.42. The Bertz CT molecular complexity index is 1010. The number of hydrogen-bond acceptors (Lipinski definition) is 6. The molecule has 1 heterocycles. The van der Waals surface area contributed by atoms with E-state index < -0.39 is 65.7 Å². The smallest absolute Gasteiger partial charge is 0.328 e. The number of anilines is 2. The van der Waals surface area contributed by atoms with Gasteiger partial charge in [0.15, 0.2) is 5.69 Å². The molecule has 2 aromatic rings. The third-order valence-corrected chi connectivity index (χ3v) is 4.30. The third-order valence-electron chi connectivity index (χ3n) is 3.31. The summed E-state index contributed by atoms with van der Waals surface area (Å²) in [4.78, 5) is 23.1. The molecule has 0 radical (unpaired) electrons. The van der Waals surface area contributed by atoms with Gasteiger partial charge < -0.3 is 5.32 Å². The summed E-state index contributed by atoms with van der Waals surface area (Å²) in [6.07, 6.45) is -9.72. The number of benzene rings is 1. The SMILES string of the molecule is O=[N+]([O-])c1cc(C(F)(F)F)c(Cl)c([N+](=O)[O-])c1Nc1ncc(C(F)(F)F)cc1Br. The minimum absolute atomic E-state index is 0.0321. The fourth-order valence-electron chi connectivity index (χ4n) is 2.08. The number of hydrogen-bond donors (Lipinski definition) is 1. The molecule has 0 atom stereocenters. The van der Waals surface area contributed by atoms with E-state index in [1.54, 1.807) is 0 Å². The molecule has 1 N–H and O–H groups in total. The van der Waals surface area contributed by atoms with Gasteiger partial charge >= 0.3 is 23.7 Å². The number of nitrogens with one attached hydrogen (secondary N) is 1. The maximum atomic E-state index is 13.0. The minimum Gasteiger partial charge on any atom is -0.328 e. The predicted molar refractivity (Wildman–Crippen MR) is 90.0 cm³/mol. The molecule has 0 spiro atoms. The van der Waals surface area contributed by atoms with Crippen molar-refractivity contribution in [1.29, 1.82) is 0 Å². The fraction of sp³-hybridized carbons (Fsp3) is 0.154. The van der Waals surface area contributed by atoms with E-state index in [0.29, 0.717) is 12.3 Å². The summed E-state index contributed by atoms with van der Waals surface area (Å²) in [5.74, 6) is -0.569. The highest BCUT2D eigenvalue weighted by Crippen LogP contribution is 2.48. The number of nitro groups is 2. The van der Waals surface area contributed by atoms with Gasteiger partial charge in [-0.05, 0) is 22.0 Å². The van der Waals surface area contributed by atoms with E-state index in [4.69, 9.17) is 11.6 Å². The van der Waals surface area contributed by atoms with Gasteiger partial charge in [-0.25, -0.2) is 4.98 Å². The second-order valence-electron chi connectivity index (χ2n) is 5.17. The lowest BCUT2D eigenvalue weighted by molar-refractivity contribution is -0.392. The van der Waals surface area contributed by atoms with Crippen molar-refractivity contribution in [2.24, 2.45) is 0 Å². The van der Waals surface area contributed by atoms with Crippen molar-refractivity contribution in [2.75, 3.05) is 5.32 Å². The molecule has 0 aliphatic carbocycles. The van der Waals surface area contributed by atoms with Crippen molar-refractivity contribution in [3.63, 3.8) is 0 Å². The van der Waals surface area contributed by atoms with Crippen molar-refractivity contribution in [3.8, 4) is 0 Å².